The summed E-state index contributed by atoms with van der Waals surface area (Å²) in [6, 6.07) is 16.0. The Morgan fingerprint density at radius 3 is 2.38 bits per heavy atom. The van der Waals surface area contributed by atoms with Crippen LogP contribution in [0.5, 0.6) is 0 Å². The Morgan fingerprint density at radius 2 is 1.67 bits per heavy atom. The van der Waals surface area contributed by atoms with E-state index in [1.165, 1.54) is 4.90 Å². The van der Waals surface area contributed by atoms with Gasteiger partial charge >= 0.3 is 0 Å². The van der Waals surface area contributed by atoms with Gasteiger partial charge in [-0.25, -0.2) is 0 Å². The molecule has 0 spiro atoms. The van der Waals surface area contributed by atoms with Crippen LogP contribution in [0, 0.1) is 0 Å². The maximum absolute atomic E-state index is 12.8. The van der Waals surface area contributed by atoms with Crippen LogP contribution in [-0.4, -0.2) is 17.9 Å². The lowest BCUT2D eigenvalue weighted by Gasteiger charge is -2.35. The molecule has 0 radical (unpaired) electrons. The van der Waals surface area contributed by atoms with Crippen LogP contribution in [0.4, 0.5) is 5.69 Å². The number of hydrogen-bond acceptors (Lipinski definition) is 2. The summed E-state index contributed by atoms with van der Waals surface area (Å²) in [4.78, 5) is 26.1. The van der Waals surface area contributed by atoms with Crippen molar-refractivity contribution >= 4 is 17.5 Å². The normalized spacial score (nSPS) is 17.1. The molecule has 1 heterocycles. The molecule has 4 nitrogen and oxygen atoms in total. The standard InChI is InChI=1S/C17H16N2O2/c18-16(20)15-11-10-12-6-4-5-9-14(12)19(15)17(21)13-7-2-1-3-8-13/h1-9,15H,10-11H2,(H2,18,20). The fourth-order valence-corrected chi connectivity index (χ4v) is 2.79. The average Bonchev–Trinajstić information content (AvgIpc) is 2.53. The highest BCUT2D eigenvalue weighted by Gasteiger charge is 2.34. The molecule has 2 N–H and O–H groups in total. The quantitative estimate of drug-likeness (QED) is 0.916. The number of fused-ring (bicyclic) bond motifs is 1. The molecule has 4 heteroatoms. The summed E-state index contributed by atoms with van der Waals surface area (Å²) in [6.45, 7) is 0. The number of aryl methyl sites for hydroxylation is 1. The monoisotopic (exact) mass is 280 g/mol. The summed E-state index contributed by atoms with van der Waals surface area (Å²) in [5, 5.41) is 0. The van der Waals surface area contributed by atoms with E-state index in [9.17, 15) is 9.59 Å². The minimum absolute atomic E-state index is 0.188. The number of carbonyl (C=O) groups excluding carboxylic acids is 2. The number of nitrogens with zero attached hydrogens (tertiary/aromatic N) is 1. The zero-order valence-corrected chi connectivity index (χ0v) is 11.5. The molecule has 106 valence electrons. The molecule has 0 aliphatic carbocycles. The Balaban J connectivity index is 2.07. The van der Waals surface area contributed by atoms with Crippen molar-refractivity contribution in [2.45, 2.75) is 18.9 Å². The molecule has 0 bridgehead atoms. The minimum atomic E-state index is -0.590. The van der Waals surface area contributed by atoms with Crippen molar-refractivity contribution in [1.29, 1.82) is 0 Å². The van der Waals surface area contributed by atoms with Gasteiger partial charge in [-0.15, -0.1) is 0 Å². The van der Waals surface area contributed by atoms with Crippen LogP contribution in [0.3, 0.4) is 0 Å². The molecule has 1 atom stereocenters. The number of para-hydroxylation sites is 1. The first kappa shape index (κ1) is 13.4. The second-order valence-corrected chi connectivity index (χ2v) is 5.13. The Labute approximate surface area is 123 Å². The molecule has 0 saturated carbocycles. The predicted molar refractivity (Wildman–Crippen MR) is 81.0 cm³/mol. The van der Waals surface area contributed by atoms with Crippen molar-refractivity contribution in [2.75, 3.05) is 4.90 Å². The lowest BCUT2D eigenvalue weighted by Crippen LogP contribution is -2.50. The third kappa shape index (κ3) is 2.40. The first-order chi connectivity index (χ1) is 10.2. The van der Waals surface area contributed by atoms with Crippen molar-refractivity contribution in [2.24, 2.45) is 5.73 Å². The number of amides is 2. The van der Waals surface area contributed by atoms with Crippen molar-refractivity contribution in [3.8, 4) is 0 Å². The summed E-state index contributed by atoms with van der Waals surface area (Å²) in [6.07, 6.45) is 1.31. The van der Waals surface area contributed by atoms with Gasteiger partial charge in [0.05, 0.1) is 0 Å². The van der Waals surface area contributed by atoms with E-state index in [0.29, 0.717) is 12.0 Å². The summed E-state index contributed by atoms with van der Waals surface area (Å²) < 4.78 is 0. The molecule has 3 rings (SSSR count). The number of hydrogen-bond donors (Lipinski definition) is 1. The van der Waals surface area contributed by atoms with Gasteiger partial charge in [-0.2, -0.15) is 0 Å². The maximum atomic E-state index is 12.8. The molecular formula is C17H16N2O2. The van der Waals surface area contributed by atoms with Crippen LogP contribution in [0.1, 0.15) is 22.3 Å². The summed E-state index contributed by atoms with van der Waals surface area (Å²) in [5.74, 6) is -0.652. The molecule has 2 amide bonds. The second-order valence-electron chi connectivity index (χ2n) is 5.13. The fraction of sp³-hybridized carbons (Fsp3) is 0.176. The molecule has 1 aliphatic rings. The molecule has 2 aromatic carbocycles. The van der Waals surface area contributed by atoms with Gasteiger partial charge in [-0.05, 0) is 36.6 Å². The van der Waals surface area contributed by atoms with Crippen molar-refractivity contribution in [1.82, 2.24) is 0 Å². The molecule has 1 unspecified atom stereocenters. The van der Waals surface area contributed by atoms with Crippen molar-refractivity contribution < 1.29 is 9.59 Å². The van der Waals surface area contributed by atoms with Gasteiger partial charge in [0.1, 0.15) is 6.04 Å². The number of carbonyl (C=O) groups is 2. The van der Waals surface area contributed by atoms with Gasteiger partial charge in [0.15, 0.2) is 0 Å². The zero-order chi connectivity index (χ0) is 14.8. The topological polar surface area (TPSA) is 63.4 Å². The summed E-state index contributed by atoms with van der Waals surface area (Å²) in [5.41, 5.74) is 7.90. The summed E-state index contributed by atoms with van der Waals surface area (Å²) >= 11 is 0. The van der Waals surface area contributed by atoms with E-state index < -0.39 is 11.9 Å². The van der Waals surface area contributed by atoms with Crippen LogP contribution in [-0.2, 0) is 11.2 Å². The van der Waals surface area contributed by atoms with Crippen LogP contribution >= 0.6 is 0 Å². The van der Waals surface area contributed by atoms with Crippen LogP contribution in [0.15, 0.2) is 54.6 Å². The van der Waals surface area contributed by atoms with E-state index in [2.05, 4.69) is 0 Å². The van der Waals surface area contributed by atoms with Gasteiger partial charge in [0, 0.05) is 11.3 Å². The highest BCUT2D eigenvalue weighted by atomic mass is 16.2. The van der Waals surface area contributed by atoms with E-state index in [-0.39, 0.29) is 5.91 Å². The summed E-state index contributed by atoms with van der Waals surface area (Å²) in [7, 11) is 0. The third-order valence-corrected chi connectivity index (χ3v) is 3.82. The SMILES string of the molecule is NC(=O)C1CCc2ccccc2N1C(=O)c1ccccc1. The molecule has 0 saturated heterocycles. The zero-order valence-electron chi connectivity index (χ0n) is 11.5. The molecule has 1 aliphatic heterocycles. The number of anilines is 1. The van der Waals surface area contributed by atoms with E-state index in [1.54, 1.807) is 12.1 Å². The highest BCUT2D eigenvalue weighted by molar-refractivity contribution is 6.10. The van der Waals surface area contributed by atoms with Gasteiger partial charge in [0.2, 0.25) is 5.91 Å². The fourth-order valence-electron chi connectivity index (χ4n) is 2.79. The first-order valence-corrected chi connectivity index (χ1v) is 6.94. The van der Waals surface area contributed by atoms with Gasteiger partial charge < -0.3 is 5.73 Å². The van der Waals surface area contributed by atoms with Crippen molar-refractivity contribution in [3.05, 3.63) is 65.7 Å². The van der Waals surface area contributed by atoms with Crippen LogP contribution in [0.25, 0.3) is 0 Å². The smallest absolute Gasteiger partial charge is 0.259 e. The number of primary amides is 1. The van der Waals surface area contributed by atoms with E-state index >= 15 is 0 Å². The third-order valence-electron chi connectivity index (χ3n) is 3.82. The minimum Gasteiger partial charge on any atom is -0.368 e. The van der Waals surface area contributed by atoms with E-state index in [0.717, 1.165) is 17.7 Å². The number of rotatable bonds is 2. The van der Waals surface area contributed by atoms with E-state index in [4.69, 9.17) is 5.73 Å². The van der Waals surface area contributed by atoms with Crippen LogP contribution < -0.4 is 10.6 Å². The van der Waals surface area contributed by atoms with Gasteiger partial charge in [0.25, 0.3) is 5.91 Å². The Morgan fingerprint density at radius 1 is 1.00 bits per heavy atom. The van der Waals surface area contributed by atoms with Crippen LogP contribution in [0.2, 0.25) is 0 Å². The molecule has 0 fully saturated rings. The Bertz CT molecular complexity index is 682. The average molecular weight is 280 g/mol. The second kappa shape index (κ2) is 5.40. The maximum Gasteiger partial charge on any atom is 0.259 e. The highest BCUT2D eigenvalue weighted by Crippen LogP contribution is 2.31. The van der Waals surface area contributed by atoms with E-state index in [1.807, 2.05) is 42.5 Å². The number of nitrogens with two attached hydrogens (primary N) is 1. The number of benzene rings is 2. The molecule has 2 aromatic rings. The largest absolute Gasteiger partial charge is 0.368 e. The first-order valence-electron chi connectivity index (χ1n) is 6.94. The molecule has 21 heavy (non-hydrogen) atoms. The lowest BCUT2D eigenvalue weighted by atomic mass is 9.94. The molecular weight excluding hydrogens is 264 g/mol. The van der Waals surface area contributed by atoms with Crippen molar-refractivity contribution in [3.63, 3.8) is 0 Å². The van der Waals surface area contributed by atoms with Gasteiger partial charge in [-0.1, -0.05) is 36.4 Å². The lowest BCUT2D eigenvalue weighted by molar-refractivity contribution is -0.119. The Hall–Kier alpha value is -2.62. The Kier molecular flexibility index (Phi) is 3.44. The van der Waals surface area contributed by atoms with Gasteiger partial charge in [-0.3, -0.25) is 14.5 Å². The predicted octanol–water partition coefficient (Wildman–Crippen LogP) is 2.13. The molecule has 0 aromatic heterocycles.